The van der Waals surface area contributed by atoms with E-state index >= 15 is 0 Å². The molecule has 0 spiro atoms. The number of carbonyl (C=O) groups excluding carboxylic acids is 1. The van der Waals surface area contributed by atoms with E-state index in [2.05, 4.69) is 16.4 Å². The Morgan fingerprint density at radius 3 is 2.94 bits per heavy atom. The molecule has 0 radical (unpaired) electrons. The second-order valence-electron chi connectivity index (χ2n) is 4.74. The monoisotopic (exact) mass is 257 g/mol. The van der Waals surface area contributed by atoms with Crippen LogP contribution in [-0.4, -0.2) is 17.5 Å². The van der Waals surface area contributed by atoms with Crippen molar-refractivity contribution in [2.24, 2.45) is 10.9 Å². The van der Waals surface area contributed by atoms with Crippen LogP contribution in [0.2, 0.25) is 0 Å². The van der Waals surface area contributed by atoms with Crippen molar-refractivity contribution in [2.75, 3.05) is 0 Å². The SMILES string of the molecule is O=C(C1CCC1)C1C=CC(/C=C/c2cccs2)=N1. The van der Waals surface area contributed by atoms with Crippen LogP contribution in [0.25, 0.3) is 6.08 Å². The third-order valence-electron chi connectivity index (χ3n) is 3.50. The normalized spacial score (nSPS) is 23.3. The summed E-state index contributed by atoms with van der Waals surface area (Å²) in [5.41, 5.74) is 0.904. The Bertz CT molecular complexity index is 521. The van der Waals surface area contributed by atoms with E-state index < -0.39 is 0 Å². The van der Waals surface area contributed by atoms with Gasteiger partial charge in [0.2, 0.25) is 0 Å². The molecule has 3 rings (SSSR count). The molecule has 1 unspecified atom stereocenters. The molecule has 1 fully saturated rings. The molecule has 1 aliphatic carbocycles. The van der Waals surface area contributed by atoms with Crippen molar-refractivity contribution in [3.63, 3.8) is 0 Å². The number of carbonyl (C=O) groups is 1. The van der Waals surface area contributed by atoms with E-state index in [0.29, 0.717) is 5.78 Å². The van der Waals surface area contributed by atoms with Gasteiger partial charge in [0.05, 0.1) is 5.71 Å². The van der Waals surface area contributed by atoms with Gasteiger partial charge in [-0.25, -0.2) is 0 Å². The van der Waals surface area contributed by atoms with E-state index in [1.807, 2.05) is 30.4 Å². The molecule has 1 saturated carbocycles. The molecule has 0 saturated heterocycles. The summed E-state index contributed by atoms with van der Waals surface area (Å²) in [4.78, 5) is 17.7. The van der Waals surface area contributed by atoms with Gasteiger partial charge >= 0.3 is 0 Å². The third kappa shape index (κ3) is 2.36. The van der Waals surface area contributed by atoms with E-state index in [1.165, 1.54) is 11.3 Å². The zero-order chi connectivity index (χ0) is 12.4. The van der Waals surface area contributed by atoms with Crippen LogP contribution in [0.5, 0.6) is 0 Å². The van der Waals surface area contributed by atoms with Crippen LogP contribution in [0.1, 0.15) is 24.1 Å². The largest absolute Gasteiger partial charge is 0.297 e. The van der Waals surface area contributed by atoms with Gasteiger partial charge in [0.25, 0.3) is 0 Å². The highest BCUT2D eigenvalue weighted by Crippen LogP contribution is 2.29. The van der Waals surface area contributed by atoms with E-state index in [0.717, 1.165) is 18.6 Å². The predicted molar refractivity (Wildman–Crippen MR) is 76.1 cm³/mol. The topological polar surface area (TPSA) is 29.4 Å². The quantitative estimate of drug-likeness (QED) is 0.811. The lowest BCUT2D eigenvalue weighted by Crippen LogP contribution is -2.29. The van der Waals surface area contributed by atoms with Gasteiger partial charge in [-0.1, -0.05) is 18.6 Å². The Balaban J connectivity index is 1.65. The van der Waals surface area contributed by atoms with E-state index in [9.17, 15) is 4.79 Å². The summed E-state index contributed by atoms with van der Waals surface area (Å²) in [5, 5.41) is 2.05. The molecular formula is C15H15NOS. The number of thiophene rings is 1. The van der Waals surface area contributed by atoms with Crippen molar-refractivity contribution in [2.45, 2.75) is 25.3 Å². The predicted octanol–water partition coefficient (Wildman–Crippen LogP) is 3.51. The minimum atomic E-state index is -0.224. The lowest BCUT2D eigenvalue weighted by Gasteiger charge is -2.24. The number of nitrogens with zero attached hydrogens (tertiary/aromatic N) is 1. The average Bonchev–Trinajstić information content (AvgIpc) is 2.95. The fourth-order valence-electron chi connectivity index (χ4n) is 2.18. The fourth-order valence-corrected chi connectivity index (χ4v) is 2.80. The minimum absolute atomic E-state index is 0.224. The molecule has 0 N–H and O–H groups in total. The number of Topliss-reactive ketones (excluding diaryl/α,β-unsaturated/α-hetero) is 1. The Labute approximate surface area is 111 Å². The van der Waals surface area contributed by atoms with Crippen molar-refractivity contribution < 1.29 is 4.79 Å². The lowest BCUT2D eigenvalue weighted by atomic mass is 9.80. The van der Waals surface area contributed by atoms with Crippen LogP contribution in [0, 0.1) is 5.92 Å². The summed E-state index contributed by atoms with van der Waals surface area (Å²) >= 11 is 1.70. The summed E-state index contributed by atoms with van der Waals surface area (Å²) in [6.45, 7) is 0. The molecule has 1 aromatic rings. The molecule has 3 heteroatoms. The standard InChI is InChI=1S/C15H15NOS/c17-15(11-3-1-4-11)14-9-7-12(16-14)6-8-13-5-2-10-18-13/h2,5-11,14H,1,3-4H2/b8-6+. The summed E-state index contributed by atoms with van der Waals surface area (Å²) in [5.74, 6) is 0.570. The number of rotatable bonds is 4. The maximum Gasteiger partial charge on any atom is 0.164 e. The molecule has 2 aliphatic rings. The van der Waals surface area contributed by atoms with Gasteiger partial charge in [-0.3, -0.25) is 9.79 Å². The Hall–Kier alpha value is -1.48. The van der Waals surface area contributed by atoms with Gasteiger partial charge in [-0.15, -0.1) is 11.3 Å². The fraction of sp³-hybridized carbons (Fsp3) is 0.333. The van der Waals surface area contributed by atoms with Crippen molar-refractivity contribution in [1.82, 2.24) is 0 Å². The smallest absolute Gasteiger partial charge is 0.164 e. The van der Waals surface area contributed by atoms with Crippen LogP contribution in [0.4, 0.5) is 0 Å². The van der Waals surface area contributed by atoms with Crippen molar-refractivity contribution in [3.8, 4) is 0 Å². The molecule has 2 nitrogen and oxygen atoms in total. The highest BCUT2D eigenvalue weighted by Gasteiger charge is 2.30. The van der Waals surface area contributed by atoms with E-state index in [4.69, 9.17) is 0 Å². The van der Waals surface area contributed by atoms with Crippen molar-refractivity contribution in [3.05, 3.63) is 40.6 Å². The number of hydrogen-bond acceptors (Lipinski definition) is 3. The van der Waals surface area contributed by atoms with Gasteiger partial charge in [0.1, 0.15) is 6.04 Å². The first-order valence-electron chi connectivity index (χ1n) is 6.34. The van der Waals surface area contributed by atoms with Gasteiger partial charge in [-0.05, 0) is 42.5 Å². The Morgan fingerprint density at radius 2 is 2.28 bits per heavy atom. The number of allylic oxidation sites excluding steroid dienone is 2. The van der Waals surface area contributed by atoms with Gasteiger partial charge in [0, 0.05) is 10.8 Å². The zero-order valence-electron chi connectivity index (χ0n) is 10.1. The van der Waals surface area contributed by atoms with Crippen molar-refractivity contribution >= 4 is 28.9 Å². The Morgan fingerprint density at radius 1 is 1.39 bits per heavy atom. The first-order chi connectivity index (χ1) is 8.83. The molecule has 1 aromatic heterocycles. The molecule has 92 valence electrons. The first-order valence-corrected chi connectivity index (χ1v) is 7.22. The summed E-state index contributed by atoms with van der Waals surface area (Å²) in [6, 6.07) is 3.87. The molecule has 1 atom stereocenters. The maximum atomic E-state index is 12.0. The molecule has 18 heavy (non-hydrogen) atoms. The van der Waals surface area contributed by atoms with Crippen LogP contribution in [0.3, 0.4) is 0 Å². The zero-order valence-corrected chi connectivity index (χ0v) is 10.9. The third-order valence-corrected chi connectivity index (χ3v) is 4.34. The number of hydrogen-bond donors (Lipinski definition) is 0. The highest BCUT2D eigenvalue weighted by atomic mass is 32.1. The van der Waals surface area contributed by atoms with Crippen LogP contribution in [0.15, 0.2) is 40.7 Å². The molecule has 0 amide bonds. The maximum absolute atomic E-state index is 12.0. The molecule has 0 aromatic carbocycles. The molecule has 0 bridgehead atoms. The minimum Gasteiger partial charge on any atom is -0.297 e. The van der Waals surface area contributed by atoms with E-state index in [1.54, 1.807) is 11.3 Å². The second-order valence-corrected chi connectivity index (χ2v) is 5.72. The average molecular weight is 257 g/mol. The van der Waals surface area contributed by atoms with E-state index in [-0.39, 0.29) is 12.0 Å². The summed E-state index contributed by atoms with van der Waals surface area (Å²) in [7, 11) is 0. The summed E-state index contributed by atoms with van der Waals surface area (Å²) < 4.78 is 0. The summed E-state index contributed by atoms with van der Waals surface area (Å²) in [6.07, 6.45) is 11.2. The lowest BCUT2D eigenvalue weighted by molar-refractivity contribution is -0.125. The van der Waals surface area contributed by atoms with Gasteiger partial charge < -0.3 is 0 Å². The van der Waals surface area contributed by atoms with Crippen molar-refractivity contribution in [1.29, 1.82) is 0 Å². The van der Waals surface area contributed by atoms with Crippen LogP contribution >= 0.6 is 11.3 Å². The molecular weight excluding hydrogens is 242 g/mol. The number of aliphatic imine (C=N–C) groups is 1. The van der Waals surface area contributed by atoms with Gasteiger partial charge in [-0.2, -0.15) is 0 Å². The molecule has 2 heterocycles. The Kier molecular flexibility index (Phi) is 3.24. The van der Waals surface area contributed by atoms with Crippen LogP contribution in [-0.2, 0) is 4.79 Å². The first kappa shape index (κ1) is 11.6. The molecule has 1 aliphatic heterocycles. The number of ketones is 1. The van der Waals surface area contributed by atoms with Gasteiger partial charge in [0.15, 0.2) is 5.78 Å². The van der Waals surface area contributed by atoms with Crippen LogP contribution < -0.4 is 0 Å². The second kappa shape index (κ2) is 5.02. The highest BCUT2D eigenvalue weighted by molar-refractivity contribution is 7.10.